The SMILES string of the molecule is COc1ccc2cc([C@H](c3nnnn3Cc3ccccc3)N3CCCCC3)c(=O)[nH]c2c1. The van der Waals surface area contributed by atoms with Crippen LogP contribution in [0.5, 0.6) is 5.75 Å². The number of aromatic nitrogens is 5. The summed E-state index contributed by atoms with van der Waals surface area (Å²) in [5.74, 6) is 1.40. The molecular weight excluding hydrogens is 404 g/mol. The van der Waals surface area contributed by atoms with E-state index in [-0.39, 0.29) is 11.6 Å². The number of rotatable bonds is 6. The second kappa shape index (κ2) is 8.92. The first-order valence-corrected chi connectivity index (χ1v) is 11.0. The van der Waals surface area contributed by atoms with Crippen LogP contribution in [0.4, 0.5) is 0 Å². The number of pyridine rings is 1. The van der Waals surface area contributed by atoms with Crippen LogP contribution < -0.4 is 10.3 Å². The van der Waals surface area contributed by atoms with E-state index in [1.54, 1.807) is 7.11 Å². The summed E-state index contributed by atoms with van der Waals surface area (Å²) >= 11 is 0. The van der Waals surface area contributed by atoms with Crippen molar-refractivity contribution in [1.29, 1.82) is 0 Å². The lowest BCUT2D eigenvalue weighted by Gasteiger charge is -2.33. The summed E-state index contributed by atoms with van der Waals surface area (Å²) in [4.78, 5) is 18.7. The predicted octanol–water partition coefficient (Wildman–Crippen LogP) is 3.15. The lowest BCUT2D eigenvalue weighted by Crippen LogP contribution is -2.38. The Bertz CT molecular complexity index is 1260. The minimum atomic E-state index is -0.315. The summed E-state index contributed by atoms with van der Waals surface area (Å²) < 4.78 is 7.12. The van der Waals surface area contributed by atoms with Gasteiger partial charge in [0, 0.05) is 11.6 Å². The summed E-state index contributed by atoms with van der Waals surface area (Å²) in [6.45, 7) is 2.36. The van der Waals surface area contributed by atoms with Gasteiger partial charge >= 0.3 is 0 Å². The molecule has 0 radical (unpaired) electrons. The highest BCUT2D eigenvalue weighted by molar-refractivity contribution is 5.80. The third-order valence-electron chi connectivity index (χ3n) is 6.11. The first kappa shape index (κ1) is 20.4. The molecule has 0 bridgehead atoms. The van der Waals surface area contributed by atoms with Gasteiger partial charge in [0.1, 0.15) is 11.8 Å². The van der Waals surface area contributed by atoms with E-state index in [4.69, 9.17) is 4.74 Å². The van der Waals surface area contributed by atoms with Crippen LogP contribution in [0.15, 0.2) is 59.4 Å². The fourth-order valence-corrected chi connectivity index (χ4v) is 4.48. The maximum Gasteiger partial charge on any atom is 0.253 e. The summed E-state index contributed by atoms with van der Waals surface area (Å²) in [5.41, 5.74) is 2.39. The highest BCUT2D eigenvalue weighted by atomic mass is 16.5. The maximum absolute atomic E-state index is 13.3. The highest BCUT2D eigenvalue weighted by Gasteiger charge is 2.31. The molecule has 8 nitrogen and oxygen atoms in total. The van der Waals surface area contributed by atoms with Crippen LogP contribution in [-0.4, -0.2) is 50.3 Å². The number of fused-ring (bicyclic) bond motifs is 1. The molecule has 0 unspecified atom stereocenters. The van der Waals surface area contributed by atoms with Crippen LogP contribution >= 0.6 is 0 Å². The van der Waals surface area contributed by atoms with Crippen molar-refractivity contribution in [2.24, 2.45) is 0 Å². The Morgan fingerprint density at radius 2 is 1.88 bits per heavy atom. The number of aromatic amines is 1. The normalized spacial score (nSPS) is 15.7. The van der Waals surface area contributed by atoms with Crippen molar-refractivity contribution in [2.75, 3.05) is 20.2 Å². The molecule has 1 atom stereocenters. The Labute approximate surface area is 185 Å². The third kappa shape index (κ3) is 4.01. The van der Waals surface area contributed by atoms with Crippen molar-refractivity contribution in [3.8, 4) is 5.75 Å². The third-order valence-corrected chi connectivity index (χ3v) is 6.11. The predicted molar refractivity (Wildman–Crippen MR) is 122 cm³/mol. The highest BCUT2D eigenvalue weighted by Crippen LogP contribution is 2.30. The van der Waals surface area contributed by atoms with E-state index in [0.717, 1.165) is 42.4 Å². The smallest absolute Gasteiger partial charge is 0.253 e. The Kier molecular flexibility index (Phi) is 5.68. The van der Waals surface area contributed by atoms with Gasteiger partial charge in [-0.15, -0.1) is 5.10 Å². The van der Waals surface area contributed by atoms with E-state index < -0.39 is 0 Å². The molecule has 2 aromatic carbocycles. The number of nitrogens with one attached hydrogen (secondary N) is 1. The molecule has 0 amide bonds. The van der Waals surface area contributed by atoms with Crippen LogP contribution in [0.2, 0.25) is 0 Å². The van der Waals surface area contributed by atoms with Gasteiger partial charge < -0.3 is 9.72 Å². The molecule has 1 saturated heterocycles. The van der Waals surface area contributed by atoms with Crippen molar-refractivity contribution >= 4 is 10.9 Å². The van der Waals surface area contributed by atoms with E-state index >= 15 is 0 Å². The van der Waals surface area contributed by atoms with E-state index in [1.165, 1.54) is 6.42 Å². The molecule has 4 aromatic rings. The number of H-pyrrole nitrogens is 1. The van der Waals surface area contributed by atoms with Crippen LogP contribution in [-0.2, 0) is 6.54 Å². The molecule has 5 rings (SSSR count). The largest absolute Gasteiger partial charge is 0.497 e. The molecule has 0 saturated carbocycles. The van der Waals surface area contributed by atoms with E-state index in [9.17, 15) is 4.79 Å². The van der Waals surface area contributed by atoms with Crippen LogP contribution in [0.3, 0.4) is 0 Å². The summed E-state index contributed by atoms with van der Waals surface area (Å²) in [7, 11) is 1.62. The van der Waals surface area contributed by atoms with Gasteiger partial charge in [0.05, 0.1) is 19.2 Å². The fourth-order valence-electron chi connectivity index (χ4n) is 4.48. The molecular formula is C24H26N6O2. The second-order valence-electron chi connectivity index (χ2n) is 8.19. The minimum Gasteiger partial charge on any atom is -0.497 e. The zero-order chi connectivity index (χ0) is 21.9. The second-order valence-corrected chi connectivity index (χ2v) is 8.19. The molecule has 0 aliphatic carbocycles. The quantitative estimate of drug-likeness (QED) is 0.506. The monoisotopic (exact) mass is 430 g/mol. The standard InChI is InChI=1S/C24H26N6O2/c1-32-19-11-10-18-14-20(24(31)25-21(18)15-19)22(29-12-6-3-7-13-29)23-26-27-28-30(23)16-17-8-4-2-5-9-17/h2,4-5,8-11,14-15,22H,3,6-7,12-13,16H2,1H3,(H,25,31)/t22-/m1/s1. The Balaban J connectivity index is 1.61. The van der Waals surface area contributed by atoms with Gasteiger partial charge in [0.15, 0.2) is 5.82 Å². The summed E-state index contributed by atoms with van der Waals surface area (Å²) in [6, 6.07) is 17.5. The first-order valence-electron chi connectivity index (χ1n) is 11.0. The zero-order valence-electron chi connectivity index (χ0n) is 18.1. The Morgan fingerprint density at radius 1 is 1.06 bits per heavy atom. The average molecular weight is 431 g/mol. The number of likely N-dealkylation sites (tertiary alicyclic amines) is 1. The van der Waals surface area contributed by atoms with Crippen LogP contribution in [0.1, 0.15) is 42.3 Å². The van der Waals surface area contributed by atoms with Crippen molar-refractivity contribution in [1.82, 2.24) is 30.1 Å². The molecule has 1 aliphatic rings. The topological polar surface area (TPSA) is 88.9 Å². The summed E-state index contributed by atoms with van der Waals surface area (Å²) in [6.07, 6.45) is 3.39. The zero-order valence-corrected chi connectivity index (χ0v) is 18.1. The van der Waals surface area contributed by atoms with E-state index in [1.807, 2.05) is 47.1 Å². The lowest BCUT2D eigenvalue weighted by atomic mass is 10.0. The molecule has 1 fully saturated rings. The maximum atomic E-state index is 13.3. The number of methoxy groups -OCH3 is 1. The van der Waals surface area contributed by atoms with Gasteiger partial charge in [0.25, 0.3) is 5.56 Å². The van der Waals surface area contributed by atoms with Gasteiger partial charge in [0.2, 0.25) is 0 Å². The van der Waals surface area contributed by atoms with Gasteiger partial charge in [-0.2, -0.15) is 0 Å². The van der Waals surface area contributed by atoms with E-state index in [2.05, 4.69) is 37.5 Å². The number of benzene rings is 2. The number of nitrogens with zero attached hydrogens (tertiary/aromatic N) is 5. The number of ether oxygens (including phenoxy) is 1. The fraction of sp³-hybridized carbons (Fsp3) is 0.333. The van der Waals surface area contributed by atoms with Gasteiger partial charge in [-0.05, 0) is 65.5 Å². The van der Waals surface area contributed by atoms with Gasteiger partial charge in [-0.1, -0.05) is 36.8 Å². The van der Waals surface area contributed by atoms with Crippen molar-refractivity contribution in [2.45, 2.75) is 31.8 Å². The lowest BCUT2D eigenvalue weighted by molar-refractivity contribution is 0.177. The number of piperidine rings is 1. The first-order chi connectivity index (χ1) is 15.7. The van der Waals surface area contributed by atoms with Crippen molar-refractivity contribution in [3.63, 3.8) is 0 Å². The molecule has 32 heavy (non-hydrogen) atoms. The number of hydrogen-bond acceptors (Lipinski definition) is 6. The molecule has 1 N–H and O–H groups in total. The van der Waals surface area contributed by atoms with Gasteiger partial charge in [-0.3, -0.25) is 9.69 Å². The Morgan fingerprint density at radius 3 is 2.66 bits per heavy atom. The average Bonchev–Trinajstić information content (AvgIpc) is 3.28. The molecule has 1 aliphatic heterocycles. The minimum absolute atomic E-state index is 0.129. The number of tetrazole rings is 1. The summed E-state index contributed by atoms with van der Waals surface area (Å²) in [5, 5.41) is 13.6. The number of hydrogen-bond donors (Lipinski definition) is 1. The van der Waals surface area contributed by atoms with Crippen molar-refractivity contribution in [3.05, 3.63) is 81.9 Å². The molecule has 164 valence electrons. The molecule has 2 aromatic heterocycles. The molecule has 3 heterocycles. The molecule has 0 spiro atoms. The van der Waals surface area contributed by atoms with Crippen molar-refractivity contribution < 1.29 is 4.74 Å². The van der Waals surface area contributed by atoms with Crippen LogP contribution in [0, 0.1) is 0 Å². The molecule has 8 heteroatoms. The Hall–Kier alpha value is -3.52. The van der Waals surface area contributed by atoms with Gasteiger partial charge in [-0.25, -0.2) is 4.68 Å². The van der Waals surface area contributed by atoms with Crippen LogP contribution in [0.25, 0.3) is 10.9 Å². The van der Waals surface area contributed by atoms with E-state index in [0.29, 0.717) is 23.7 Å².